The Labute approximate surface area is 167 Å². The van der Waals surface area contributed by atoms with Gasteiger partial charge < -0.3 is 10.2 Å². The van der Waals surface area contributed by atoms with Crippen LogP contribution in [0.5, 0.6) is 0 Å². The fourth-order valence-electron chi connectivity index (χ4n) is 3.60. The molecule has 3 unspecified atom stereocenters. The van der Waals surface area contributed by atoms with Crippen molar-refractivity contribution in [2.24, 2.45) is 0 Å². The second kappa shape index (κ2) is 7.28. The van der Waals surface area contributed by atoms with Crippen LogP contribution in [0.1, 0.15) is 24.8 Å². The number of aliphatic hydroxyl groups is 2. The maximum absolute atomic E-state index is 13.1. The minimum Gasteiger partial charge on any atom is -0.386 e. The number of thioether (sulfide) groups is 1. The van der Waals surface area contributed by atoms with Gasteiger partial charge in [0.1, 0.15) is 12.2 Å². The third-order valence-corrected chi connectivity index (χ3v) is 6.42. The summed E-state index contributed by atoms with van der Waals surface area (Å²) in [6.07, 6.45) is 1.69. The molecule has 138 valence electrons. The van der Waals surface area contributed by atoms with Crippen molar-refractivity contribution < 1.29 is 15.0 Å². The number of fused-ring (bicyclic) bond motifs is 2. The van der Waals surface area contributed by atoms with Crippen LogP contribution in [-0.2, 0) is 4.79 Å². The van der Waals surface area contributed by atoms with E-state index in [9.17, 15) is 15.0 Å². The number of Topliss-reactive ketones (excluding diaryl/α,β-unsaturated/α-hetero) is 1. The molecule has 2 N–H and O–H groups in total. The SMILES string of the molecule is CCC1C(=O)C2=CC(O)C(O)C=C2Sc2cc(-c3cccc(Cl)c3)ccc21. The Balaban J connectivity index is 1.84. The monoisotopic (exact) mass is 398 g/mol. The lowest BCUT2D eigenvalue weighted by molar-refractivity contribution is -0.116. The smallest absolute Gasteiger partial charge is 0.171 e. The zero-order valence-corrected chi connectivity index (χ0v) is 16.3. The third kappa shape index (κ3) is 3.39. The van der Waals surface area contributed by atoms with Crippen LogP contribution >= 0.6 is 23.4 Å². The zero-order chi connectivity index (χ0) is 19.1. The Morgan fingerprint density at radius 3 is 2.52 bits per heavy atom. The van der Waals surface area contributed by atoms with Gasteiger partial charge in [-0.1, -0.05) is 54.6 Å². The summed E-state index contributed by atoms with van der Waals surface area (Å²) in [7, 11) is 0. The largest absolute Gasteiger partial charge is 0.386 e. The van der Waals surface area contributed by atoms with E-state index < -0.39 is 12.2 Å². The topological polar surface area (TPSA) is 57.5 Å². The van der Waals surface area contributed by atoms with Gasteiger partial charge in [0.05, 0.1) is 0 Å². The van der Waals surface area contributed by atoms with Gasteiger partial charge in [-0.25, -0.2) is 0 Å². The van der Waals surface area contributed by atoms with E-state index in [1.54, 1.807) is 6.08 Å². The van der Waals surface area contributed by atoms with Gasteiger partial charge in [0.25, 0.3) is 0 Å². The highest BCUT2D eigenvalue weighted by molar-refractivity contribution is 8.03. The van der Waals surface area contributed by atoms with E-state index in [2.05, 4.69) is 6.07 Å². The van der Waals surface area contributed by atoms with Crippen molar-refractivity contribution in [3.05, 3.63) is 75.7 Å². The van der Waals surface area contributed by atoms with Crippen molar-refractivity contribution in [1.29, 1.82) is 0 Å². The molecule has 27 heavy (non-hydrogen) atoms. The van der Waals surface area contributed by atoms with Gasteiger partial charge in [-0.3, -0.25) is 4.79 Å². The molecule has 0 fully saturated rings. The molecule has 0 spiro atoms. The highest BCUT2D eigenvalue weighted by Crippen LogP contribution is 2.46. The van der Waals surface area contributed by atoms with Crippen LogP contribution in [0.3, 0.4) is 0 Å². The Kier molecular flexibility index (Phi) is 4.99. The first-order valence-electron chi connectivity index (χ1n) is 8.90. The first-order valence-corrected chi connectivity index (χ1v) is 10.1. The lowest BCUT2D eigenvalue weighted by Gasteiger charge is -2.21. The standard InChI is InChI=1S/C22H19ClO3S/c1-2-15-16-7-6-13(12-4-3-5-14(23)8-12)9-20(16)27-21-11-19(25)18(24)10-17(21)22(15)26/h3-11,15,18-19,24-25H,2H2,1H3. The second-order valence-corrected chi connectivity index (χ2v) is 8.30. The summed E-state index contributed by atoms with van der Waals surface area (Å²) in [6, 6.07) is 13.8. The predicted molar refractivity (Wildman–Crippen MR) is 109 cm³/mol. The molecule has 2 aromatic carbocycles. The van der Waals surface area contributed by atoms with Gasteiger partial charge >= 0.3 is 0 Å². The number of allylic oxidation sites excluding steroid dienone is 1. The number of benzene rings is 2. The van der Waals surface area contributed by atoms with E-state index in [0.29, 0.717) is 21.9 Å². The summed E-state index contributed by atoms with van der Waals surface area (Å²) < 4.78 is 0. The second-order valence-electron chi connectivity index (χ2n) is 6.78. The van der Waals surface area contributed by atoms with Crippen molar-refractivity contribution >= 4 is 29.1 Å². The van der Waals surface area contributed by atoms with Crippen LogP contribution < -0.4 is 0 Å². The third-order valence-electron chi connectivity index (χ3n) is 5.03. The van der Waals surface area contributed by atoms with Gasteiger partial charge in [0, 0.05) is 26.3 Å². The summed E-state index contributed by atoms with van der Waals surface area (Å²) in [6.45, 7) is 1.99. The molecule has 2 aliphatic rings. The Morgan fingerprint density at radius 2 is 1.78 bits per heavy atom. The average Bonchev–Trinajstić information content (AvgIpc) is 2.76. The van der Waals surface area contributed by atoms with E-state index in [0.717, 1.165) is 21.6 Å². The van der Waals surface area contributed by atoms with E-state index >= 15 is 0 Å². The zero-order valence-electron chi connectivity index (χ0n) is 14.7. The molecule has 0 radical (unpaired) electrons. The molecule has 0 saturated heterocycles. The molecule has 2 aromatic rings. The quantitative estimate of drug-likeness (QED) is 0.768. The molecule has 1 aliphatic heterocycles. The minimum atomic E-state index is -1.05. The minimum absolute atomic E-state index is 0.00328. The van der Waals surface area contributed by atoms with Gasteiger partial charge in [0.2, 0.25) is 0 Å². The van der Waals surface area contributed by atoms with E-state index in [-0.39, 0.29) is 11.7 Å². The molecule has 1 aliphatic carbocycles. The lowest BCUT2D eigenvalue weighted by Crippen LogP contribution is -2.27. The lowest BCUT2D eigenvalue weighted by atomic mass is 9.85. The van der Waals surface area contributed by atoms with E-state index in [1.165, 1.54) is 17.8 Å². The molecule has 0 amide bonds. The molecule has 3 nitrogen and oxygen atoms in total. The number of rotatable bonds is 2. The number of carbonyl (C=O) groups excluding carboxylic acids is 1. The molecule has 0 bridgehead atoms. The van der Waals surface area contributed by atoms with Crippen molar-refractivity contribution in [3.63, 3.8) is 0 Å². The average molecular weight is 399 g/mol. The van der Waals surface area contributed by atoms with E-state index in [4.69, 9.17) is 11.6 Å². The van der Waals surface area contributed by atoms with Crippen molar-refractivity contribution in [2.75, 3.05) is 0 Å². The van der Waals surface area contributed by atoms with Crippen molar-refractivity contribution in [3.8, 4) is 11.1 Å². The molecule has 0 saturated carbocycles. The fourth-order valence-corrected chi connectivity index (χ4v) is 5.03. The Morgan fingerprint density at radius 1 is 1.04 bits per heavy atom. The summed E-state index contributed by atoms with van der Waals surface area (Å²) >= 11 is 7.60. The number of hydrogen-bond donors (Lipinski definition) is 2. The fraction of sp³-hybridized carbons (Fsp3) is 0.227. The summed E-state index contributed by atoms with van der Waals surface area (Å²) in [5.41, 5.74) is 3.53. The van der Waals surface area contributed by atoms with Crippen LogP contribution in [0.15, 0.2) is 70.0 Å². The predicted octanol–water partition coefficient (Wildman–Crippen LogP) is 4.72. The van der Waals surface area contributed by atoms with Gasteiger partial charge in [-0.2, -0.15) is 0 Å². The summed E-state index contributed by atoms with van der Waals surface area (Å²) in [4.78, 5) is 14.8. The molecule has 0 aromatic heterocycles. The van der Waals surface area contributed by atoms with Crippen LogP contribution in [0.4, 0.5) is 0 Å². The molecule has 3 atom stereocenters. The van der Waals surface area contributed by atoms with Gasteiger partial charge in [-0.15, -0.1) is 0 Å². The summed E-state index contributed by atoms with van der Waals surface area (Å²) in [5, 5.41) is 20.7. The van der Waals surface area contributed by atoms with Crippen molar-refractivity contribution in [2.45, 2.75) is 36.4 Å². The molecular weight excluding hydrogens is 380 g/mol. The maximum Gasteiger partial charge on any atom is 0.171 e. The van der Waals surface area contributed by atoms with Crippen LogP contribution in [-0.4, -0.2) is 28.2 Å². The number of hydrogen-bond acceptors (Lipinski definition) is 4. The molecular formula is C22H19ClO3S. The highest BCUT2D eigenvalue weighted by atomic mass is 35.5. The van der Waals surface area contributed by atoms with Gasteiger partial charge in [0.15, 0.2) is 5.78 Å². The highest BCUT2D eigenvalue weighted by Gasteiger charge is 2.34. The number of aliphatic hydroxyl groups excluding tert-OH is 2. The summed E-state index contributed by atoms with van der Waals surface area (Å²) in [5.74, 6) is -0.267. The number of ketones is 1. The number of halogens is 1. The molecule has 5 heteroatoms. The molecule has 1 heterocycles. The van der Waals surface area contributed by atoms with E-state index in [1.807, 2.05) is 43.3 Å². The van der Waals surface area contributed by atoms with Crippen LogP contribution in [0.25, 0.3) is 11.1 Å². The first-order chi connectivity index (χ1) is 13.0. The number of carbonyl (C=O) groups is 1. The van der Waals surface area contributed by atoms with Gasteiger partial charge in [-0.05, 0) is 53.5 Å². The maximum atomic E-state index is 13.1. The normalized spacial score (nSPS) is 24.4. The van der Waals surface area contributed by atoms with Crippen LogP contribution in [0.2, 0.25) is 5.02 Å². The first kappa shape index (κ1) is 18.5. The van der Waals surface area contributed by atoms with Crippen LogP contribution in [0, 0.1) is 0 Å². The van der Waals surface area contributed by atoms with Crippen molar-refractivity contribution in [1.82, 2.24) is 0 Å². The Hall–Kier alpha value is -1.85. The Bertz CT molecular complexity index is 979. The molecule has 4 rings (SSSR count).